The average molecular weight is 706 g/mol. The molecule has 0 saturated carbocycles. The fourth-order valence-corrected chi connectivity index (χ4v) is 8.26. The van der Waals surface area contributed by atoms with Crippen molar-refractivity contribution >= 4 is 76.6 Å². The molecule has 5 aromatic heterocycles. The molecule has 7 aromatic carbocycles. The summed E-state index contributed by atoms with van der Waals surface area (Å²) < 4.78 is 15.4. The standard InChI is InChI=1S/C48H27N5O2/c1-2-12-29(13-3-1)45-50-46(30-22-23-34-33-16-7-9-20-40(33)54-41(34)27-30)52-47(51-45)37-25-26-49-48-42(37)36-17-10-19-39(44(36)55-48)53-38-18-8-6-15-32(38)35-24-21-28-11-4-5-14-31(28)43(35)53/h1-27H. The van der Waals surface area contributed by atoms with E-state index in [1.807, 2.05) is 60.7 Å². The second-order valence-corrected chi connectivity index (χ2v) is 13.8. The molecule has 256 valence electrons. The molecule has 0 saturated heterocycles. The molecule has 0 amide bonds. The maximum absolute atomic E-state index is 6.77. The summed E-state index contributed by atoms with van der Waals surface area (Å²) in [5.41, 5.74) is 8.57. The second-order valence-electron chi connectivity index (χ2n) is 13.8. The van der Waals surface area contributed by atoms with E-state index in [1.54, 1.807) is 6.20 Å². The molecular formula is C48H27N5O2. The summed E-state index contributed by atoms with van der Waals surface area (Å²) in [5.74, 6) is 1.64. The van der Waals surface area contributed by atoms with Gasteiger partial charge < -0.3 is 13.4 Å². The lowest BCUT2D eigenvalue weighted by molar-refractivity contribution is 0.652. The van der Waals surface area contributed by atoms with E-state index in [9.17, 15) is 0 Å². The molecular weight excluding hydrogens is 679 g/mol. The zero-order chi connectivity index (χ0) is 36.0. The first-order valence-corrected chi connectivity index (χ1v) is 18.2. The molecule has 0 spiro atoms. The van der Waals surface area contributed by atoms with E-state index >= 15 is 0 Å². The molecule has 0 aliphatic rings. The van der Waals surface area contributed by atoms with Gasteiger partial charge in [-0.05, 0) is 41.8 Å². The number of benzene rings is 7. The minimum absolute atomic E-state index is 0.512. The molecule has 5 heterocycles. The monoisotopic (exact) mass is 705 g/mol. The van der Waals surface area contributed by atoms with Gasteiger partial charge in [-0.2, -0.15) is 0 Å². The summed E-state index contributed by atoms with van der Waals surface area (Å²) in [5, 5.41) is 8.61. The Bertz CT molecular complexity index is 3510. The predicted molar refractivity (Wildman–Crippen MR) is 220 cm³/mol. The Kier molecular flexibility index (Phi) is 6.21. The maximum Gasteiger partial charge on any atom is 0.228 e. The second kappa shape index (κ2) is 11.4. The first-order valence-electron chi connectivity index (χ1n) is 18.2. The SMILES string of the molecule is c1ccc(-c2nc(-c3ccc4c(c3)oc3ccccc34)nc(-c3ccnc4oc5c(-n6c7ccccc7c7ccc8ccccc8c76)cccc5c34)n2)cc1. The lowest BCUT2D eigenvalue weighted by Gasteiger charge is -2.10. The third kappa shape index (κ3) is 4.44. The van der Waals surface area contributed by atoms with Gasteiger partial charge in [-0.15, -0.1) is 0 Å². The van der Waals surface area contributed by atoms with Crippen molar-refractivity contribution in [3.8, 4) is 39.9 Å². The number of hydrogen-bond acceptors (Lipinski definition) is 6. The summed E-state index contributed by atoms with van der Waals surface area (Å²) in [6, 6.07) is 54.0. The maximum atomic E-state index is 6.77. The highest BCUT2D eigenvalue weighted by Crippen LogP contribution is 2.42. The van der Waals surface area contributed by atoms with Crippen molar-refractivity contribution in [3.05, 3.63) is 164 Å². The van der Waals surface area contributed by atoms with Crippen LogP contribution in [0.5, 0.6) is 0 Å². The van der Waals surface area contributed by atoms with Crippen LogP contribution in [0.4, 0.5) is 0 Å². The highest BCUT2D eigenvalue weighted by molar-refractivity contribution is 6.20. The van der Waals surface area contributed by atoms with E-state index in [0.29, 0.717) is 23.2 Å². The van der Waals surface area contributed by atoms with Gasteiger partial charge in [0.25, 0.3) is 0 Å². The zero-order valence-electron chi connectivity index (χ0n) is 29.1. The van der Waals surface area contributed by atoms with Crippen LogP contribution in [0.2, 0.25) is 0 Å². The Labute approximate surface area is 312 Å². The van der Waals surface area contributed by atoms with Gasteiger partial charge in [-0.3, -0.25) is 0 Å². The first-order chi connectivity index (χ1) is 27.3. The number of furan rings is 2. The largest absolute Gasteiger partial charge is 0.456 e. The van der Waals surface area contributed by atoms with E-state index in [1.165, 1.54) is 21.5 Å². The molecule has 0 atom stereocenters. The van der Waals surface area contributed by atoms with Crippen LogP contribution in [0.3, 0.4) is 0 Å². The molecule has 7 heteroatoms. The predicted octanol–water partition coefficient (Wildman–Crippen LogP) is 12.3. The van der Waals surface area contributed by atoms with Crippen molar-refractivity contribution in [2.24, 2.45) is 0 Å². The van der Waals surface area contributed by atoms with Gasteiger partial charge >= 0.3 is 0 Å². The molecule has 0 aliphatic carbocycles. The van der Waals surface area contributed by atoms with Crippen molar-refractivity contribution < 1.29 is 8.83 Å². The van der Waals surface area contributed by atoms with Gasteiger partial charge in [0.2, 0.25) is 5.71 Å². The fraction of sp³-hybridized carbons (Fsp3) is 0. The molecule has 55 heavy (non-hydrogen) atoms. The van der Waals surface area contributed by atoms with Crippen LogP contribution in [-0.4, -0.2) is 24.5 Å². The van der Waals surface area contributed by atoms with Gasteiger partial charge in [0.05, 0.1) is 22.1 Å². The van der Waals surface area contributed by atoms with E-state index in [4.69, 9.17) is 28.8 Å². The summed E-state index contributed by atoms with van der Waals surface area (Å²) in [6.45, 7) is 0. The molecule has 0 bridgehead atoms. The molecule has 0 radical (unpaired) electrons. The summed E-state index contributed by atoms with van der Waals surface area (Å²) in [7, 11) is 0. The molecule has 7 nitrogen and oxygen atoms in total. The average Bonchev–Trinajstić information content (AvgIpc) is 3.93. The Morgan fingerprint density at radius 1 is 0.455 bits per heavy atom. The lowest BCUT2D eigenvalue weighted by atomic mass is 10.1. The lowest BCUT2D eigenvalue weighted by Crippen LogP contribution is -2.00. The number of pyridine rings is 1. The van der Waals surface area contributed by atoms with Crippen molar-refractivity contribution in [1.29, 1.82) is 0 Å². The number of fused-ring (bicyclic) bond motifs is 11. The van der Waals surface area contributed by atoms with Crippen LogP contribution in [0.15, 0.2) is 173 Å². The highest BCUT2D eigenvalue weighted by Gasteiger charge is 2.23. The minimum Gasteiger partial charge on any atom is -0.456 e. The summed E-state index contributed by atoms with van der Waals surface area (Å²) in [4.78, 5) is 20.0. The van der Waals surface area contributed by atoms with E-state index in [0.717, 1.165) is 71.7 Å². The molecule has 0 fully saturated rings. The third-order valence-electron chi connectivity index (χ3n) is 10.7. The van der Waals surface area contributed by atoms with Gasteiger partial charge in [-0.25, -0.2) is 19.9 Å². The van der Waals surface area contributed by atoms with Crippen LogP contribution >= 0.6 is 0 Å². The fourth-order valence-electron chi connectivity index (χ4n) is 8.26. The van der Waals surface area contributed by atoms with Crippen LogP contribution in [0, 0.1) is 0 Å². The number of para-hydroxylation sites is 3. The normalized spacial score (nSPS) is 12.0. The van der Waals surface area contributed by atoms with Crippen molar-refractivity contribution in [1.82, 2.24) is 24.5 Å². The molecule has 12 aromatic rings. The Hall–Kier alpha value is -7.64. The van der Waals surface area contributed by atoms with Gasteiger partial charge in [-0.1, -0.05) is 121 Å². The number of aromatic nitrogens is 5. The van der Waals surface area contributed by atoms with Crippen molar-refractivity contribution in [2.75, 3.05) is 0 Å². The molecule has 0 unspecified atom stereocenters. The summed E-state index contributed by atoms with van der Waals surface area (Å²) >= 11 is 0. The molecule has 0 N–H and O–H groups in total. The number of nitrogens with zero attached hydrogens (tertiary/aromatic N) is 5. The minimum atomic E-state index is 0.512. The van der Waals surface area contributed by atoms with Gasteiger partial charge in [0, 0.05) is 55.2 Å². The topological polar surface area (TPSA) is 82.8 Å². The van der Waals surface area contributed by atoms with Crippen LogP contribution in [-0.2, 0) is 0 Å². The van der Waals surface area contributed by atoms with Crippen LogP contribution in [0.25, 0.3) is 116 Å². The Morgan fingerprint density at radius 2 is 1.16 bits per heavy atom. The van der Waals surface area contributed by atoms with Crippen molar-refractivity contribution in [2.45, 2.75) is 0 Å². The van der Waals surface area contributed by atoms with Gasteiger partial charge in [0.1, 0.15) is 11.2 Å². The van der Waals surface area contributed by atoms with Crippen molar-refractivity contribution in [3.63, 3.8) is 0 Å². The third-order valence-corrected chi connectivity index (χ3v) is 10.7. The summed E-state index contributed by atoms with van der Waals surface area (Å²) in [6.07, 6.45) is 1.76. The first kappa shape index (κ1) is 29.9. The van der Waals surface area contributed by atoms with E-state index < -0.39 is 0 Å². The Balaban J connectivity index is 1.11. The van der Waals surface area contributed by atoms with Gasteiger partial charge in [0.15, 0.2) is 23.1 Å². The van der Waals surface area contributed by atoms with Crippen LogP contribution < -0.4 is 0 Å². The van der Waals surface area contributed by atoms with E-state index in [2.05, 4.69) is 102 Å². The molecule has 0 aliphatic heterocycles. The molecule has 12 rings (SSSR count). The quantitative estimate of drug-likeness (QED) is 0.181. The zero-order valence-corrected chi connectivity index (χ0v) is 29.1. The smallest absolute Gasteiger partial charge is 0.228 e. The van der Waals surface area contributed by atoms with Crippen LogP contribution in [0.1, 0.15) is 0 Å². The number of rotatable bonds is 4. The van der Waals surface area contributed by atoms with E-state index in [-0.39, 0.29) is 0 Å². The number of hydrogen-bond donors (Lipinski definition) is 0. The Morgan fingerprint density at radius 3 is 2.07 bits per heavy atom. The highest BCUT2D eigenvalue weighted by atomic mass is 16.3.